The monoisotopic (exact) mass is 730 g/mol. The minimum absolute atomic E-state index is 0.0789. The SMILES string of the molecule is CN(Cc1cc(Cl)c(OCC2(COCCN3CC[C@@H](O)C3)C=CC=C(c3ccccc3)C2(C)C)cc1OCc1cncc(C#N)c1)C(CO)C(=O)O. The van der Waals surface area contributed by atoms with Crippen molar-refractivity contribution in [1.29, 1.82) is 5.26 Å². The summed E-state index contributed by atoms with van der Waals surface area (Å²) in [6, 6.07) is 16.3. The number of ether oxygens (including phenoxy) is 3. The fraction of sp³-hybridized carbons (Fsp3) is 0.425. The summed E-state index contributed by atoms with van der Waals surface area (Å²) in [6.45, 7) is 7.27. The number of aliphatic carboxylic acids is 1. The van der Waals surface area contributed by atoms with Crippen LogP contribution in [0.15, 0.2) is 79.2 Å². The summed E-state index contributed by atoms with van der Waals surface area (Å²) in [6.07, 6.45) is 9.88. The third-order valence-electron chi connectivity index (χ3n) is 10.2. The number of halogens is 1. The molecule has 1 fully saturated rings. The highest BCUT2D eigenvalue weighted by Gasteiger charge is 2.48. The lowest BCUT2D eigenvalue weighted by molar-refractivity contribution is -0.144. The van der Waals surface area contributed by atoms with Crippen LogP contribution in [0.3, 0.4) is 0 Å². The number of hydrogen-bond acceptors (Lipinski definition) is 10. The minimum Gasteiger partial charge on any atom is -0.491 e. The summed E-state index contributed by atoms with van der Waals surface area (Å²) in [5.74, 6) is -0.387. The lowest BCUT2D eigenvalue weighted by Gasteiger charge is -2.48. The van der Waals surface area contributed by atoms with Crippen LogP contribution in [0.25, 0.3) is 5.57 Å². The van der Waals surface area contributed by atoms with Crippen molar-refractivity contribution in [3.05, 3.63) is 106 Å². The average molecular weight is 731 g/mol. The van der Waals surface area contributed by atoms with E-state index >= 15 is 0 Å². The van der Waals surface area contributed by atoms with Crippen molar-refractivity contribution in [1.82, 2.24) is 14.8 Å². The molecule has 2 aromatic carbocycles. The molecule has 12 heteroatoms. The second-order valence-corrected chi connectivity index (χ2v) is 14.4. The van der Waals surface area contributed by atoms with Crippen LogP contribution in [0.5, 0.6) is 11.5 Å². The maximum absolute atomic E-state index is 11.8. The first kappa shape index (κ1) is 38.9. The zero-order valence-electron chi connectivity index (χ0n) is 29.9. The molecule has 3 N–H and O–H groups in total. The number of β-amino-alcohol motifs (C(OH)–C–C–N with tert-alkyl or cyclic N) is 1. The number of likely N-dealkylation sites (N-methyl/N-ethyl adjacent to an activating group) is 1. The van der Waals surface area contributed by atoms with Gasteiger partial charge in [-0.1, -0.05) is 74.0 Å². The molecule has 2 heterocycles. The van der Waals surface area contributed by atoms with Crippen molar-refractivity contribution >= 4 is 23.1 Å². The zero-order chi connectivity index (χ0) is 37.3. The lowest BCUT2D eigenvalue weighted by atomic mass is 9.59. The number of aromatic nitrogens is 1. The van der Waals surface area contributed by atoms with E-state index in [4.69, 9.17) is 25.8 Å². The van der Waals surface area contributed by atoms with E-state index in [-0.39, 0.29) is 25.9 Å². The van der Waals surface area contributed by atoms with Gasteiger partial charge in [0.1, 0.15) is 36.8 Å². The first-order valence-corrected chi connectivity index (χ1v) is 17.7. The highest BCUT2D eigenvalue weighted by Crippen LogP contribution is 2.52. The van der Waals surface area contributed by atoms with Crippen molar-refractivity contribution in [2.45, 2.75) is 45.6 Å². The smallest absolute Gasteiger partial charge is 0.323 e. The Kier molecular flexibility index (Phi) is 13.1. The predicted octanol–water partition coefficient (Wildman–Crippen LogP) is 5.19. The topological polar surface area (TPSA) is 149 Å². The van der Waals surface area contributed by atoms with Crippen molar-refractivity contribution in [2.24, 2.45) is 10.8 Å². The molecule has 2 aliphatic rings. The Balaban J connectivity index is 1.43. The van der Waals surface area contributed by atoms with Crippen LogP contribution >= 0.6 is 11.6 Å². The Hall–Kier alpha value is -4.28. The summed E-state index contributed by atoms with van der Waals surface area (Å²) in [7, 11) is 1.60. The highest BCUT2D eigenvalue weighted by atomic mass is 35.5. The molecule has 1 saturated heterocycles. The van der Waals surface area contributed by atoms with Gasteiger partial charge in [0.25, 0.3) is 0 Å². The molecular weight excluding hydrogens is 684 g/mol. The Morgan fingerprint density at radius 3 is 2.63 bits per heavy atom. The molecule has 0 amide bonds. The van der Waals surface area contributed by atoms with E-state index < -0.39 is 29.4 Å². The third-order valence-corrected chi connectivity index (χ3v) is 10.5. The van der Waals surface area contributed by atoms with Crippen LogP contribution in [0.4, 0.5) is 0 Å². The van der Waals surface area contributed by atoms with Gasteiger partial charge in [0, 0.05) is 61.2 Å². The molecule has 276 valence electrons. The van der Waals surface area contributed by atoms with Crippen LogP contribution < -0.4 is 9.47 Å². The number of aliphatic hydroxyl groups excluding tert-OH is 2. The zero-order valence-corrected chi connectivity index (χ0v) is 30.6. The molecule has 1 aromatic heterocycles. The van der Waals surface area contributed by atoms with Gasteiger partial charge in [-0.3, -0.25) is 19.6 Å². The number of carboxylic acid groups (broad SMARTS) is 1. The fourth-order valence-corrected chi connectivity index (χ4v) is 7.02. The summed E-state index contributed by atoms with van der Waals surface area (Å²) in [4.78, 5) is 19.6. The van der Waals surface area contributed by atoms with Gasteiger partial charge >= 0.3 is 5.97 Å². The van der Waals surface area contributed by atoms with Crippen molar-refractivity contribution in [3.8, 4) is 17.6 Å². The Morgan fingerprint density at radius 1 is 1.15 bits per heavy atom. The van der Waals surface area contributed by atoms with E-state index in [9.17, 15) is 25.4 Å². The summed E-state index contributed by atoms with van der Waals surface area (Å²) in [5, 5.41) is 39.0. The maximum Gasteiger partial charge on any atom is 0.323 e. The molecule has 3 atom stereocenters. The van der Waals surface area contributed by atoms with E-state index in [1.54, 1.807) is 31.4 Å². The number of nitrogens with zero attached hydrogens (tertiary/aromatic N) is 4. The van der Waals surface area contributed by atoms with E-state index in [0.717, 1.165) is 24.1 Å². The Morgan fingerprint density at radius 2 is 1.94 bits per heavy atom. The summed E-state index contributed by atoms with van der Waals surface area (Å²) in [5.41, 5.74) is 2.82. The van der Waals surface area contributed by atoms with Crippen LogP contribution in [0.2, 0.25) is 5.02 Å². The van der Waals surface area contributed by atoms with Crippen LogP contribution in [-0.2, 0) is 22.7 Å². The number of allylic oxidation sites excluding steroid dienone is 3. The number of carbonyl (C=O) groups is 1. The molecule has 0 bridgehead atoms. The molecule has 3 aromatic rings. The van der Waals surface area contributed by atoms with Gasteiger partial charge in [-0.05, 0) is 36.7 Å². The Labute approximate surface area is 310 Å². The first-order chi connectivity index (χ1) is 25.0. The first-order valence-electron chi connectivity index (χ1n) is 17.4. The third kappa shape index (κ3) is 9.19. The quantitative estimate of drug-likeness (QED) is 0.158. The molecule has 1 aliphatic carbocycles. The highest BCUT2D eigenvalue weighted by molar-refractivity contribution is 6.32. The average Bonchev–Trinajstić information content (AvgIpc) is 3.55. The number of carboxylic acids is 1. The molecule has 0 radical (unpaired) electrons. The summed E-state index contributed by atoms with van der Waals surface area (Å²) < 4.78 is 19.3. The lowest BCUT2D eigenvalue weighted by Crippen LogP contribution is -2.47. The largest absolute Gasteiger partial charge is 0.491 e. The number of pyridine rings is 1. The molecule has 11 nitrogen and oxygen atoms in total. The van der Waals surface area contributed by atoms with Crippen LogP contribution in [-0.4, -0.2) is 101 Å². The van der Waals surface area contributed by atoms with Gasteiger partial charge in [-0.2, -0.15) is 5.26 Å². The fourth-order valence-electron chi connectivity index (χ4n) is 6.77. The molecule has 5 rings (SSSR count). The number of benzene rings is 2. The second-order valence-electron chi connectivity index (χ2n) is 14.0. The second kappa shape index (κ2) is 17.5. The molecule has 0 spiro atoms. The molecule has 2 unspecified atom stereocenters. The van der Waals surface area contributed by atoms with Crippen LogP contribution in [0.1, 0.15) is 42.5 Å². The Bertz CT molecular complexity index is 1790. The van der Waals surface area contributed by atoms with Crippen molar-refractivity contribution in [2.75, 3.05) is 53.1 Å². The van der Waals surface area contributed by atoms with Gasteiger partial charge in [0.05, 0.1) is 41.9 Å². The molecule has 52 heavy (non-hydrogen) atoms. The normalized spacial score (nSPS) is 20.3. The van der Waals surface area contributed by atoms with Gasteiger partial charge < -0.3 is 29.5 Å². The van der Waals surface area contributed by atoms with Crippen LogP contribution in [0, 0.1) is 22.2 Å². The number of rotatable bonds is 17. The van der Waals surface area contributed by atoms with E-state index in [0.29, 0.717) is 59.5 Å². The molecular formula is C40H47ClN4O7. The van der Waals surface area contributed by atoms with Gasteiger partial charge in [-0.25, -0.2) is 0 Å². The minimum atomic E-state index is -1.16. The standard InChI is InChI=1S/C40H47ClN4O7/c1-39(2)33(30-8-5-4-6-9-30)10-7-12-40(39,26-50-15-14-45-13-11-32(47)23-45)27-52-37-18-36(51-25-29-16-28(19-42)20-43-21-29)31(17-34(37)41)22-44(3)35(24-46)38(48)49/h4-10,12,16-18,20-21,32,35,46-47H,11,13-15,22-27H2,1-3H3,(H,48,49)/t32-,35?,40?/m1/s1. The van der Waals surface area contributed by atoms with Crippen molar-refractivity contribution in [3.63, 3.8) is 0 Å². The van der Waals surface area contributed by atoms with Gasteiger partial charge in [-0.15, -0.1) is 0 Å². The van der Waals surface area contributed by atoms with E-state index in [1.165, 1.54) is 11.1 Å². The van der Waals surface area contributed by atoms with E-state index in [1.807, 2.05) is 18.2 Å². The van der Waals surface area contributed by atoms with Gasteiger partial charge in [0.2, 0.25) is 0 Å². The van der Waals surface area contributed by atoms with E-state index in [2.05, 4.69) is 60.2 Å². The number of nitriles is 1. The summed E-state index contributed by atoms with van der Waals surface area (Å²) >= 11 is 6.89. The maximum atomic E-state index is 11.8. The van der Waals surface area contributed by atoms with Crippen molar-refractivity contribution < 1.29 is 34.3 Å². The number of likely N-dealkylation sites (tertiary alicyclic amines) is 1. The molecule has 1 aliphatic heterocycles. The van der Waals surface area contributed by atoms with Gasteiger partial charge in [0.15, 0.2) is 0 Å². The predicted molar refractivity (Wildman–Crippen MR) is 198 cm³/mol. The molecule has 0 saturated carbocycles. The number of hydrogen-bond donors (Lipinski definition) is 3. The number of aliphatic hydroxyl groups is 2.